The summed E-state index contributed by atoms with van der Waals surface area (Å²) in [5, 5.41) is 1.85. The molecule has 0 radical (unpaired) electrons. The van der Waals surface area contributed by atoms with Crippen molar-refractivity contribution in [3.05, 3.63) is 34.9 Å². The molecule has 15 heavy (non-hydrogen) atoms. The van der Waals surface area contributed by atoms with Crippen LogP contribution in [-0.2, 0) is 0 Å². The Bertz CT molecular complexity index is 294. The van der Waals surface area contributed by atoms with Gasteiger partial charge in [-0.15, -0.1) is 0 Å². The van der Waals surface area contributed by atoms with E-state index in [1.165, 1.54) is 18.4 Å². The Morgan fingerprint density at radius 2 is 1.93 bits per heavy atom. The van der Waals surface area contributed by atoms with Gasteiger partial charge >= 0.3 is 0 Å². The number of halogens is 2. The summed E-state index contributed by atoms with van der Waals surface area (Å²) < 4.78 is 0. The van der Waals surface area contributed by atoms with Gasteiger partial charge in [0.25, 0.3) is 0 Å². The molecule has 1 aromatic carbocycles. The van der Waals surface area contributed by atoms with E-state index in [0.29, 0.717) is 5.92 Å². The number of hydrogen-bond donors (Lipinski definition) is 0. The average molecular weight is 290 g/mol. The summed E-state index contributed by atoms with van der Waals surface area (Å²) in [5.41, 5.74) is 1.35. The summed E-state index contributed by atoms with van der Waals surface area (Å²) >= 11 is 9.64. The summed E-state index contributed by atoms with van der Waals surface area (Å²) in [6.45, 7) is 4.52. The molecule has 0 fully saturated rings. The van der Waals surface area contributed by atoms with Crippen LogP contribution in [-0.4, -0.2) is 5.33 Å². The van der Waals surface area contributed by atoms with E-state index in [1.54, 1.807) is 0 Å². The highest BCUT2D eigenvalue weighted by Gasteiger charge is 2.19. The molecule has 0 aliphatic heterocycles. The van der Waals surface area contributed by atoms with Gasteiger partial charge in [-0.25, -0.2) is 0 Å². The zero-order chi connectivity index (χ0) is 11.3. The van der Waals surface area contributed by atoms with Crippen molar-refractivity contribution < 1.29 is 0 Å². The molecule has 0 aliphatic rings. The van der Waals surface area contributed by atoms with Crippen molar-refractivity contribution in [1.29, 1.82) is 0 Å². The Hall–Kier alpha value is -0.0100. The van der Waals surface area contributed by atoms with Crippen molar-refractivity contribution in [1.82, 2.24) is 0 Å². The lowest BCUT2D eigenvalue weighted by Gasteiger charge is -2.23. The largest absolute Gasteiger partial charge is 0.0921 e. The molecular formula is C13H18BrCl. The van der Waals surface area contributed by atoms with Crippen molar-refractivity contribution in [3.8, 4) is 0 Å². The van der Waals surface area contributed by atoms with E-state index in [1.807, 2.05) is 12.1 Å². The fourth-order valence-corrected chi connectivity index (χ4v) is 3.18. The van der Waals surface area contributed by atoms with E-state index >= 15 is 0 Å². The van der Waals surface area contributed by atoms with Crippen LogP contribution in [0.1, 0.15) is 38.2 Å². The monoisotopic (exact) mass is 288 g/mol. The van der Waals surface area contributed by atoms with Gasteiger partial charge in [-0.05, 0) is 29.5 Å². The van der Waals surface area contributed by atoms with Gasteiger partial charge in [-0.2, -0.15) is 0 Å². The Labute approximate surface area is 106 Å². The van der Waals surface area contributed by atoms with Gasteiger partial charge in [0.15, 0.2) is 0 Å². The lowest BCUT2D eigenvalue weighted by molar-refractivity contribution is 0.425. The standard InChI is InChI=1S/C13H18BrCl/c1-3-10(4-2)13(9-14)11-6-5-7-12(15)8-11/h5-8,10,13H,3-4,9H2,1-2H3. The van der Waals surface area contributed by atoms with Crippen LogP contribution in [0.2, 0.25) is 5.02 Å². The Morgan fingerprint density at radius 3 is 2.40 bits per heavy atom. The van der Waals surface area contributed by atoms with Crippen LogP contribution in [0.25, 0.3) is 0 Å². The minimum absolute atomic E-state index is 0.582. The highest BCUT2D eigenvalue weighted by Crippen LogP contribution is 2.32. The van der Waals surface area contributed by atoms with Crippen molar-refractivity contribution >= 4 is 27.5 Å². The first kappa shape index (κ1) is 13.1. The molecule has 0 nitrogen and oxygen atoms in total. The molecule has 0 heterocycles. The summed E-state index contributed by atoms with van der Waals surface area (Å²) in [6, 6.07) is 8.24. The molecule has 0 saturated carbocycles. The SMILES string of the molecule is CCC(CC)C(CBr)c1cccc(Cl)c1. The maximum absolute atomic E-state index is 6.02. The van der Waals surface area contributed by atoms with Crippen LogP contribution in [0.5, 0.6) is 0 Å². The third-order valence-corrected chi connectivity index (χ3v) is 3.99. The maximum Gasteiger partial charge on any atom is 0.0408 e. The van der Waals surface area contributed by atoms with Crippen molar-refractivity contribution in [2.24, 2.45) is 5.92 Å². The second-order valence-electron chi connectivity index (χ2n) is 3.89. The van der Waals surface area contributed by atoms with E-state index in [2.05, 4.69) is 41.9 Å². The predicted molar refractivity (Wildman–Crippen MR) is 72.1 cm³/mol. The molecule has 0 bridgehead atoms. The smallest absolute Gasteiger partial charge is 0.0408 e. The van der Waals surface area contributed by atoms with E-state index in [9.17, 15) is 0 Å². The molecule has 0 N–H and O–H groups in total. The lowest BCUT2D eigenvalue weighted by atomic mass is 9.84. The number of hydrogen-bond acceptors (Lipinski definition) is 0. The molecule has 0 saturated heterocycles. The van der Waals surface area contributed by atoms with E-state index < -0.39 is 0 Å². The van der Waals surface area contributed by atoms with Crippen LogP contribution in [0.3, 0.4) is 0 Å². The van der Waals surface area contributed by atoms with E-state index in [-0.39, 0.29) is 0 Å². The first-order valence-corrected chi connectivity index (χ1v) is 7.04. The van der Waals surface area contributed by atoms with Crippen LogP contribution < -0.4 is 0 Å². The molecule has 0 spiro atoms. The van der Waals surface area contributed by atoms with Gasteiger partial charge in [0, 0.05) is 10.4 Å². The number of rotatable bonds is 5. The Balaban J connectivity index is 2.90. The third kappa shape index (κ3) is 3.49. The minimum atomic E-state index is 0.582. The molecule has 1 unspecified atom stereocenters. The van der Waals surface area contributed by atoms with Gasteiger partial charge < -0.3 is 0 Å². The van der Waals surface area contributed by atoms with Crippen LogP contribution in [0.15, 0.2) is 24.3 Å². The first-order chi connectivity index (χ1) is 7.22. The summed E-state index contributed by atoms with van der Waals surface area (Å²) in [7, 11) is 0. The van der Waals surface area contributed by atoms with Gasteiger partial charge in [-0.3, -0.25) is 0 Å². The first-order valence-electron chi connectivity index (χ1n) is 5.54. The fourth-order valence-electron chi connectivity index (χ4n) is 2.08. The molecule has 0 aromatic heterocycles. The summed E-state index contributed by atoms with van der Waals surface area (Å²) in [4.78, 5) is 0. The maximum atomic E-state index is 6.02. The molecule has 0 amide bonds. The van der Waals surface area contributed by atoms with Gasteiger partial charge in [-0.1, -0.05) is 66.4 Å². The quantitative estimate of drug-likeness (QED) is 0.649. The Morgan fingerprint density at radius 1 is 1.27 bits per heavy atom. The molecule has 2 heteroatoms. The minimum Gasteiger partial charge on any atom is -0.0921 e. The topological polar surface area (TPSA) is 0 Å². The van der Waals surface area contributed by atoms with Crippen molar-refractivity contribution in [3.63, 3.8) is 0 Å². The van der Waals surface area contributed by atoms with Crippen LogP contribution in [0, 0.1) is 5.92 Å². The fraction of sp³-hybridized carbons (Fsp3) is 0.538. The molecule has 1 aromatic rings. The lowest BCUT2D eigenvalue weighted by Crippen LogP contribution is -2.13. The van der Waals surface area contributed by atoms with Gasteiger partial charge in [0.1, 0.15) is 0 Å². The highest BCUT2D eigenvalue weighted by atomic mass is 79.9. The van der Waals surface area contributed by atoms with Gasteiger partial charge in [0.2, 0.25) is 0 Å². The highest BCUT2D eigenvalue weighted by molar-refractivity contribution is 9.09. The molecule has 1 rings (SSSR count). The summed E-state index contributed by atoms with van der Waals surface area (Å²) in [5.74, 6) is 1.32. The van der Waals surface area contributed by atoms with Crippen LogP contribution >= 0.6 is 27.5 Å². The van der Waals surface area contributed by atoms with E-state index in [0.717, 1.165) is 16.3 Å². The Kier molecular flexibility index (Phi) is 5.70. The van der Waals surface area contributed by atoms with Crippen LogP contribution in [0.4, 0.5) is 0 Å². The predicted octanol–water partition coefficient (Wildman–Crippen LogP) is 5.25. The normalized spacial score (nSPS) is 13.1. The second kappa shape index (κ2) is 6.55. The van der Waals surface area contributed by atoms with Crippen molar-refractivity contribution in [2.75, 3.05) is 5.33 Å². The second-order valence-corrected chi connectivity index (χ2v) is 4.98. The molecule has 1 atom stereocenters. The summed E-state index contributed by atoms with van der Waals surface area (Å²) in [6.07, 6.45) is 2.44. The van der Waals surface area contributed by atoms with E-state index in [4.69, 9.17) is 11.6 Å². The van der Waals surface area contributed by atoms with Gasteiger partial charge in [0.05, 0.1) is 0 Å². The molecule has 84 valence electrons. The zero-order valence-corrected chi connectivity index (χ0v) is 11.7. The third-order valence-electron chi connectivity index (χ3n) is 3.06. The zero-order valence-electron chi connectivity index (χ0n) is 9.34. The van der Waals surface area contributed by atoms with Crippen molar-refractivity contribution in [2.45, 2.75) is 32.6 Å². The average Bonchev–Trinajstić information content (AvgIpc) is 2.25. The number of alkyl halides is 1. The molecular weight excluding hydrogens is 272 g/mol. The number of benzene rings is 1. The molecule has 0 aliphatic carbocycles.